The maximum absolute atomic E-state index is 14.6. The minimum Gasteiger partial charge on any atom is -0.426 e. The molecule has 2 aromatic heterocycles. The van der Waals surface area contributed by atoms with Gasteiger partial charge in [-0.15, -0.1) is 16.4 Å². The van der Waals surface area contributed by atoms with Crippen LogP contribution in [0.15, 0.2) is 39.5 Å². The first-order valence-electron chi connectivity index (χ1n) is 11.3. The SMILES string of the molecule is CC(=O)Oc1cc(F)c2cc(-c3ccc(CCCCCC(=O)ON4C(=O)CCC4=O)s3)c(=O)oc2c1. The van der Waals surface area contributed by atoms with Gasteiger partial charge in [0, 0.05) is 48.1 Å². The first-order valence-corrected chi connectivity index (χ1v) is 12.1. The number of hydrogen-bond acceptors (Lipinski definition) is 9. The van der Waals surface area contributed by atoms with Gasteiger partial charge in [0.25, 0.3) is 11.8 Å². The number of benzene rings is 1. The monoisotopic (exact) mass is 515 g/mol. The van der Waals surface area contributed by atoms with Crippen LogP contribution in [0.3, 0.4) is 0 Å². The number of fused-ring (bicyclic) bond motifs is 1. The average Bonchev–Trinajstić information content (AvgIpc) is 3.40. The molecule has 4 rings (SSSR count). The van der Waals surface area contributed by atoms with Crippen LogP contribution in [0.25, 0.3) is 21.4 Å². The van der Waals surface area contributed by atoms with Crippen LogP contribution in [0, 0.1) is 5.82 Å². The molecule has 0 atom stereocenters. The maximum atomic E-state index is 14.6. The first-order chi connectivity index (χ1) is 17.2. The standard InChI is InChI=1S/C25H22FNO8S/c1-14(28)33-15-11-19(26)17-13-18(25(32)34-20(17)12-15)21-8-7-16(36-21)5-3-2-4-6-24(31)35-27-22(29)9-10-23(27)30/h7-8,11-13H,2-6,9-10H2,1H3. The average molecular weight is 516 g/mol. The Kier molecular flexibility index (Phi) is 7.58. The van der Waals surface area contributed by atoms with Crippen molar-refractivity contribution in [1.82, 2.24) is 5.06 Å². The van der Waals surface area contributed by atoms with E-state index in [-0.39, 0.29) is 41.5 Å². The number of carbonyl (C=O) groups is 4. The predicted molar refractivity (Wildman–Crippen MR) is 126 cm³/mol. The fourth-order valence-electron chi connectivity index (χ4n) is 3.76. The summed E-state index contributed by atoms with van der Waals surface area (Å²) in [5.74, 6) is -2.97. The van der Waals surface area contributed by atoms with Crippen molar-refractivity contribution in [2.24, 2.45) is 0 Å². The number of imide groups is 1. The second-order valence-electron chi connectivity index (χ2n) is 8.23. The Labute approximate surface area is 208 Å². The number of hydroxylamine groups is 2. The minimum atomic E-state index is -0.678. The normalized spacial score (nSPS) is 13.4. The third-order valence-electron chi connectivity index (χ3n) is 5.47. The Hall–Kier alpha value is -3.86. The van der Waals surface area contributed by atoms with Gasteiger partial charge >= 0.3 is 17.6 Å². The zero-order valence-corrected chi connectivity index (χ0v) is 20.2. The van der Waals surface area contributed by atoms with E-state index >= 15 is 0 Å². The smallest absolute Gasteiger partial charge is 0.345 e. The second-order valence-corrected chi connectivity index (χ2v) is 9.40. The van der Waals surface area contributed by atoms with Crippen LogP contribution >= 0.6 is 11.3 Å². The van der Waals surface area contributed by atoms with E-state index in [0.29, 0.717) is 22.8 Å². The van der Waals surface area contributed by atoms with Crippen molar-refractivity contribution < 1.29 is 37.6 Å². The van der Waals surface area contributed by atoms with E-state index in [1.165, 1.54) is 30.4 Å². The molecule has 0 bridgehead atoms. The summed E-state index contributed by atoms with van der Waals surface area (Å²) in [6.07, 6.45) is 2.95. The van der Waals surface area contributed by atoms with Crippen LogP contribution in [0.1, 0.15) is 50.3 Å². The summed E-state index contributed by atoms with van der Waals surface area (Å²) in [6.45, 7) is 1.19. The van der Waals surface area contributed by atoms with E-state index in [2.05, 4.69) is 0 Å². The Bertz CT molecular complexity index is 1390. The number of nitrogens with zero attached hydrogens (tertiary/aromatic N) is 1. The van der Waals surface area contributed by atoms with Gasteiger partial charge in [0.15, 0.2) is 0 Å². The summed E-state index contributed by atoms with van der Waals surface area (Å²) >= 11 is 1.39. The summed E-state index contributed by atoms with van der Waals surface area (Å²) in [5, 5.41) is 0.642. The van der Waals surface area contributed by atoms with E-state index in [1.54, 1.807) is 6.07 Å². The molecule has 3 heterocycles. The fraction of sp³-hybridized carbons (Fsp3) is 0.320. The van der Waals surface area contributed by atoms with Crippen molar-refractivity contribution in [2.75, 3.05) is 0 Å². The topological polar surface area (TPSA) is 120 Å². The van der Waals surface area contributed by atoms with E-state index < -0.39 is 35.2 Å². The molecule has 3 aromatic rings. The summed E-state index contributed by atoms with van der Waals surface area (Å²) < 4.78 is 24.7. The Morgan fingerprint density at radius 3 is 2.53 bits per heavy atom. The predicted octanol–water partition coefficient (Wildman–Crippen LogP) is 4.30. The highest BCUT2D eigenvalue weighted by Gasteiger charge is 2.32. The molecule has 0 spiro atoms. The molecule has 1 saturated heterocycles. The third kappa shape index (κ3) is 5.85. The highest BCUT2D eigenvalue weighted by Crippen LogP contribution is 2.31. The number of rotatable bonds is 9. The molecule has 188 valence electrons. The second kappa shape index (κ2) is 10.8. The number of thiophene rings is 1. The van der Waals surface area contributed by atoms with Crippen LogP contribution in [-0.4, -0.2) is 28.8 Å². The summed E-state index contributed by atoms with van der Waals surface area (Å²) in [4.78, 5) is 64.9. The largest absolute Gasteiger partial charge is 0.426 e. The van der Waals surface area contributed by atoms with Crippen LogP contribution in [0.2, 0.25) is 0 Å². The molecule has 1 aliphatic heterocycles. The van der Waals surface area contributed by atoms with Gasteiger partial charge in [0.1, 0.15) is 17.1 Å². The molecule has 0 unspecified atom stereocenters. The number of amides is 2. The molecule has 11 heteroatoms. The molecular formula is C25H22FNO8S. The molecule has 1 aliphatic rings. The highest BCUT2D eigenvalue weighted by atomic mass is 32.1. The first kappa shape index (κ1) is 25.2. The van der Waals surface area contributed by atoms with Gasteiger partial charge < -0.3 is 14.0 Å². The van der Waals surface area contributed by atoms with Crippen molar-refractivity contribution in [3.63, 3.8) is 0 Å². The van der Waals surface area contributed by atoms with Crippen LogP contribution in [-0.2, 0) is 30.4 Å². The molecule has 9 nitrogen and oxygen atoms in total. The van der Waals surface area contributed by atoms with Crippen LogP contribution < -0.4 is 10.4 Å². The molecule has 1 fully saturated rings. The maximum Gasteiger partial charge on any atom is 0.345 e. The number of halogens is 1. The quantitative estimate of drug-likeness (QED) is 0.136. The van der Waals surface area contributed by atoms with Gasteiger partial charge in [-0.2, -0.15) is 0 Å². The van der Waals surface area contributed by atoms with Crippen molar-refractivity contribution in [3.8, 4) is 16.2 Å². The number of carbonyl (C=O) groups excluding carboxylic acids is 4. The number of unbranched alkanes of at least 4 members (excludes halogenated alkanes) is 2. The van der Waals surface area contributed by atoms with Crippen molar-refractivity contribution in [1.29, 1.82) is 0 Å². The van der Waals surface area contributed by atoms with Crippen LogP contribution in [0.4, 0.5) is 4.39 Å². The lowest BCUT2D eigenvalue weighted by atomic mass is 10.1. The number of esters is 1. The van der Waals surface area contributed by atoms with E-state index in [0.717, 1.165) is 23.8 Å². The summed E-state index contributed by atoms with van der Waals surface area (Å²) in [6, 6.07) is 7.42. The molecule has 0 radical (unpaired) electrons. The van der Waals surface area contributed by atoms with E-state index in [9.17, 15) is 28.4 Å². The summed E-state index contributed by atoms with van der Waals surface area (Å²) in [7, 11) is 0. The summed E-state index contributed by atoms with van der Waals surface area (Å²) in [5.41, 5.74) is -0.427. The highest BCUT2D eigenvalue weighted by molar-refractivity contribution is 7.15. The molecular weight excluding hydrogens is 493 g/mol. The zero-order chi connectivity index (χ0) is 25.8. The third-order valence-corrected chi connectivity index (χ3v) is 6.65. The number of hydrogen-bond donors (Lipinski definition) is 0. The number of ether oxygens (including phenoxy) is 1. The molecule has 2 amide bonds. The van der Waals surface area contributed by atoms with Gasteiger partial charge in [-0.25, -0.2) is 14.0 Å². The lowest BCUT2D eigenvalue weighted by Gasteiger charge is -2.12. The van der Waals surface area contributed by atoms with Gasteiger partial charge in [-0.3, -0.25) is 14.4 Å². The van der Waals surface area contributed by atoms with E-state index in [4.69, 9.17) is 14.0 Å². The molecule has 1 aromatic carbocycles. The molecule has 36 heavy (non-hydrogen) atoms. The fourth-order valence-corrected chi connectivity index (χ4v) is 4.81. The van der Waals surface area contributed by atoms with E-state index in [1.807, 2.05) is 6.07 Å². The number of aryl methyl sites for hydroxylation is 1. The van der Waals surface area contributed by atoms with Gasteiger partial charge in [0.2, 0.25) is 0 Å². The van der Waals surface area contributed by atoms with Crippen molar-refractivity contribution in [2.45, 2.75) is 51.9 Å². The zero-order valence-electron chi connectivity index (χ0n) is 19.3. The Balaban J connectivity index is 1.32. The van der Waals surface area contributed by atoms with Crippen molar-refractivity contribution >= 4 is 46.1 Å². The van der Waals surface area contributed by atoms with Gasteiger partial charge in [-0.05, 0) is 37.5 Å². The molecule has 0 saturated carbocycles. The lowest BCUT2D eigenvalue weighted by molar-refractivity contribution is -0.197. The molecule has 0 N–H and O–H groups in total. The lowest BCUT2D eigenvalue weighted by Crippen LogP contribution is -2.31. The van der Waals surface area contributed by atoms with Gasteiger partial charge in [-0.1, -0.05) is 6.42 Å². The minimum absolute atomic E-state index is 0.0197. The molecule has 0 aliphatic carbocycles. The van der Waals surface area contributed by atoms with Crippen molar-refractivity contribution in [3.05, 3.63) is 51.4 Å². The Morgan fingerprint density at radius 2 is 1.81 bits per heavy atom. The van der Waals surface area contributed by atoms with Crippen LogP contribution in [0.5, 0.6) is 5.75 Å². The van der Waals surface area contributed by atoms with Gasteiger partial charge in [0.05, 0.1) is 10.9 Å². The Morgan fingerprint density at radius 1 is 1.06 bits per heavy atom.